The average Bonchev–Trinajstić information content (AvgIpc) is 2.81. The summed E-state index contributed by atoms with van der Waals surface area (Å²) < 4.78 is 5.61. The zero-order chi connectivity index (χ0) is 12.5. The first-order chi connectivity index (χ1) is 7.96. The molecule has 2 unspecified atom stereocenters. The quantitative estimate of drug-likeness (QED) is 0.899. The zero-order valence-corrected chi connectivity index (χ0v) is 11.8. The molecule has 0 saturated carbocycles. The van der Waals surface area contributed by atoms with Gasteiger partial charge in [-0.25, -0.2) is 0 Å². The van der Waals surface area contributed by atoms with E-state index in [1.54, 1.807) is 0 Å². The lowest BCUT2D eigenvalue weighted by atomic mass is 9.98. The summed E-state index contributed by atoms with van der Waals surface area (Å²) in [5.74, 6) is 3.40. The van der Waals surface area contributed by atoms with Gasteiger partial charge in [0.25, 0.3) is 0 Å². The molecule has 0 aromatic carbocycles. The van der Waals surface area contributed by atoms with E-state index >= 15 is 0 Å². The maximum atomic E-state index is 5.37. The van der Waals surface area contributed by atoms with Gasteiger partial charge in [0.1, 0.15) is 0 Å². The first-order valence-electron chi connectivity index (χ1n) is 6.13. The van der Waals surface area contributed by atoms with Gasteiger partial charge in [0, 0.05) is 11.3 Å². The molecule has 0 amide bonds. The lowest BCUT2D eigenvalue weighted by Gasteiger charge is -2.15. The van der Waals surface area contributed by atoms with E-state index in [1.165, 1.54) is 0 Å². The monoisotopic (exact) mass is 255 g/mol. The molecule has 1 saturated heterocycles. The Morgan fingerprint density at radius 3 is 2.76 bits per heavy atom. The van der Waals surface area contributed by atoms with Crippen LogP contribution >= 0.6 is 11.8 Å². The fraction of sp³-hybridized carbons (Fsp3) is 0.833. The van der Waals surface area contributed by atoms with E-state index < -0.39 is 0 Å². The molecule has 0 radical (unpaired) electrons. The molecule has 1 aromatic rings. The van der Waals surface area contributed by atoms with Gasteiger partial charge in [-0.2, -0.15) is 4.98 Å². The highest BCUT2D eigenvalue weighted by Crippen LogP contribution is 2.29. The molecule has 4 nitrogen and oxygen atoms in total. The van der Waals surface area contributed by atoms with Gasteiger partial charge in [0.05, 0.1) is 11.7 Å². The van der Waals surface area contributed by atoms with Crippen LogP contribution in [0.4, 0.5) is 0 Å². The zero-order valence-electron chi connectivity index (χ0n) is 11.0. The Labute approximate surface area is 107 Å². The van der Waals surface area contributed by atoms with Crippen LogP contribution in [-0.4, -0.2) is 28.0 Å². The second-order valence-electron chi connectivity index (χ2n) is 5.69. The van der Waals surface area contributed by atoms with Crippen molar-refractivity contribution in [3.8, 4) is 0 Å². The Balaban J connectivity index is 1.96. The van der Waals surface area contributed by atoms with E-state index in [0.717, 1.165) is 30.6 Å². The Bertz CT molecular complexity index is 372. The van der Waals surface area contributed by atoms with Crippen LogP contribution in [0.5, 0.6) is 0 Å². The van der Waals surface area contributed by atoms with Crippen LogP contribution in [0, 0.1) is 5.92 Å². The summed E-state index contributed by atoms with van der Waals surface area (Å²) in [5, 5.41) is 7.42. The molecular formula is C12H21N3OS. The van der Waals surface area contributed by atoms with Crippen LogP contribution in [0.15, 0.2) is 4.52 Å². The molecular weight excluding hydrogens is 234 g/mol. The van der Waals surface area contributed by atoms with Gasteiger partial charge >= 0.3 is 0 Å². The van der Waals surface area contributed by atoms with Crippen molar-refractivity contribution in [1.82, 2.24) is 15.5 Å². The van der Waals surface area contributed by atoms with E-state index in [-0.39, 0.29) is 4.75 Å². The van der Waals surface area contributed by atoms with Crippen LogP contribution in [0.3, 0.4) is 0 Å². The van der Waals surface area contributed by atoms with E-state index in [4.69, 9.17) is 4.52 Å². The third kappa shape index (κ3) is 3.45. The van der Waals surface area contributed by atoms with Crippen LogP contribution in [0.1, 0.15) is 45.3 Å². The smallest absolute Gasteiger partial charge is 0.231 e. The molecule has 0 aliphatic carbocycles. The summed E-state index contributed by atoms with van der Waals surface area (Å²) in [4.78, 5) is 4.51. The normalized spacial score (nSPS) is 25.4. The maximum absolute atomic E-state index is 5.37. The highest BCUT2D eigenvalue weighted by molar-refractivity contribution is 7.99. The van der Waals surface area contributed by atoms with Crippen LogP contribution in [0.2, 0.25) is 0 Å². The van der Waals surface area contributed by atoms with E-state index in [1.807, 2.05) is 11.8 Å². The number of rotatable bonds is 3. The highest BCUT2D eigenvalue weighted by Gasteiger charge is 2.29. The molecule has 0 spiro atoms. The molecule has 1 aliphatic heterocycles. The topological polar surface area (TPSA) is 51.0 Å². The van der Waals surface area contributed by atoms with Gasteiger partial charge in [0.2, 0.25) is 5.89 Å². The molecule has 1 aromatic heterocycles. The largest absolute Gasteiger partial charge is 0.339 e. The number of hydrogen-bond acceptors (Lipinski definition) is 5. The Kier molecular flexibility index (Phi) is 3.78. The minimum absolute atomic E-state index is 0.239. The third-order valence-electron chi connectivity index (χ3n) is 2.95. The Hall–Kier alpha value is -0.550. The molecule has 2 heterocycles. The number of hydrogen-bond donors (Lipinski definition) is 1. The van der Waals surface area contributed by atoms with Crippen molar-refractivity contribution in [3.63, 3.8) is 0 Å². The second-order valence-corrected chi connectivity index (χ2v) is 7.49. The van der Waals surface area contributed by atoms with Crippen molar-refractivity contribution in [2.24, 2.45) is 5.92 Å². The molecule has 2 rings (SSSR count). The van der Waals surface area contributed by atoms with Crippen LogP contribution < -0.4 is 5.32 Å². The number of nitrogens with zero attached hydrogens (tertiary/aromatic N) is 2. The van der Waals surface area contributed by atoms with Gasteiger partial charge in [-0.05, 0) is 12.5 Å². The minimum atomic E-state index is 0.239. The van der Waals surface area contributed by atoms with Crippen molar-refractivity contribution in [3.05, 3.63) is 11.7 Å². The van der Waals surface area contributed by atoms with Crippen molar-refractivity contribution in [2.45, 2.75) is 44.1 Å². The number of nitrogens with one attached hydrogen (secondary N) is 1. The molecule has 2 atom stereocenters. The Morgan fingerprint density at radius 2 is 2.18 bits per heavy atom. The third-order valence-corrected chi connectivity index (χ3v) is 4.22. The number of thioether (sulfide) groups is 1. The average molecular weight is 255 g/mol. The highest BCUT2D eigenvalue weighted by atomic mass is 32.2. The maximum Gasteiger partial charge on any atom is 0.231 e. The molecule has 5 heteroatoms. The first-order valence-corrected chi connectivity index (χ1v) is 7.11. The summed E-state index contributed by atoms with van der Waals surface area (Å²) >= 11 is 1.84. The van der Waals surface area contributed by atoms with Crippen LogP contribution in [0.25, 0.3) is 0 Å². The van der Waals surface area contributed by atoms with Gasteiger partial charge in [-0.1, -0.05) is 32.9 Å². The molecule has 1 aliphatic rings. The van der Waals surface area contributed by atoms with E-state index in [0.29, 0.717) is 11.8 Å². The fourth-order valence-corrected chi connectivity index (χ4v) is 2.58. The van der Waals surface area contributed by atoms with Crippen molar-refractivity contribution in [2.75, 3.05) is 13.1 Å². The van der Waals surface area contributed by atoms with Gasteiger partial charge < -0.3 is 9.84 Å². The summed E-state index contributed by atoms with van der Waals surface area (Å²) in [6.07, 6.45) is 0. The summed E-state index contributed by atoms with van der Waals surface area (Å²) in [7, 11) is 0. The number of aromatic nitrogens is 2. The summed E-state index contributed by atoms with van der Waals surface area (Å²) in [6, 6.07) is 0. The summed E-state index contributed by atoms with van der Waals surface area (Å²) in [5.41, 5.74) is 0. The van der Waals surface area contributed by atoms with Gasteiger partial charge in [-0.15, -0.1) is 11.8 Å². The van der Waals surface area contributed by atoms with E-state index in [2.05, 4.69) is 43.2 Å². The Morgan fingerprint density at radius 1 is 1.41 bits per heavy atom. The molecule has 1 N–H and O–H groups in total. The van der Waals surface area contributed by atoms with Crippen molar-refractivity contribution >= 4 is 11.8 Å². The lowest BCUT2D eigenvalue weighted by Crippen LogP contribution is -2.09. The summed E-state index contributed by atoms with van der Waals surface area (Å²) in [6.45, 7) is 10.8. The van der Waals surface area contributed by atoms with Gasteiger partial charge in [0.15, 0.2) is 5.82 Å². The first kappa shape index (κ1) is 12.9. The lowest BCUT2D eigenvalue weighted by molar-refractivity contribution is 0.337. The van der Waals surface area contributed by atoms with E-state index in [9.17, 15) is 0 Å². The standard InChI is InChI=1S/C12H21N3OS/c1-8-5-13-6-9(8)11-14-10(15-16-11)7-17-12(2,3)4/h8-9,13H,5-7H2,1-4H3. The minimum Gasteiger partial charge on any atom is -0.339 e. The molecule has 0 bridgehead atoms. The molecule has 96 valence electrons. The van der Waals surface area contributed by atoms with Crippen molar-refractivity contribution in [1.29, 1.82) is 0 Å². The van der Waals surface area contributed by atoms with Crippen molar-refractivity contribution < 1.29 is 4.52 Å². The molecule has 1 fully saturated rings. The fourth-order valence-electron chi connectivity index (χ4n) is 1.90. The predicted octanol–water partition coefficient (Wildman–Crippen LogP) is 2.42. The van der Waals surface area contributed by atoms with Crippen LogP contribution in [-0.2, 0) is 5.75 Å². The SMILES string of the molecule is CC1CNCC1c1nc(CSC(C)(C)C)no1. The second kappa shape index (κ2) is 4.98. The van der Waals surface area contributed by atoms with Gasteiger partial charge in [-0.3, -0.25) is 0 Å². The predicted molar refractivity (Wildman–Crippen MR) is 70.1 cm³/mol. The molecule has 17 heavy (non-hydrogen) atoms.